The molecule has 1 heterocycles. The highest BCUT2D eigenvalue weighted by Gasteiger charge is 2.17. The molecule has 28 heavy (non-hydrogen) atoms. The van der Waals surface area contributed by atoms with Gasteiger partial charge >= 0.3 is 0 Å². The van der Waals surface area contributed by atoms with E-state index in [9.17, 15) is 13.2 Å². The molecule has 6 nitrogen and oxygen atoms in total. The molecule has 1 unspecified atom stereocenters. The van der Waals surface area contributed by atoms with Crippen LogP contribution in [0.3, 0.4) is 0 Å². The van der Waals surface area contributed by atoms with Gasteiger partial charge in [-0.2, -0.15) is 0 Å². The lowest BCUT2D eigenvalue weighted by Gasteiger charge is -2.22. The minimum absolute atomic E-state index is 0. The first-order chi connectivity index (χ1) is 12.9. The van der Waals surface area contributed by atoms with Gasteiger partial charge in [-0.25, -0.2) is 8.42 Å². The Balaban J connectivity index is 0.00000280. The first-order valence-corrected chi connectivity index (χ1v) is 10.6. The van der Waals surface area contributed by atoms with Crippen LogP contribution in [-0.4, -0.2) is 34.0 Å². The van der Waals surface area contributed by atoms with Gasteiger partial charge in [-0.1, -0.05) is 17.7 Å². The highest BCUT2D eigenvalue weighted by molar-refractivity contribution is 7.92. The Morgan fingerprint density at radius 1 is 1.11 bits per heavy atom. The SMILES string of the molecule is Cc1ccc(NS(=O)(=O)c2ccc(C(=O)NCC3CCCNC3)cc2)cc1.Cl. The summed E-state index contributed by atoms with van der Waals surface area (Å²) in [7, 11) is -3.69. The number of hydrogen-bond acceptors (Lipinski definition) is 4. The normalized spacial score (nSPS) is 16.7. The Bertz CT molecular complexity index is 878. The Hall–Kier alpha value is -2.09. The molecule has 0 aliphatic carbocycles. The monoisotopic (exact) mass is 423 g/mol. The average molecular weight is 424 g/mol. The molecule has 1 atom stereocenters. The molecule has 0 aromatic heterocycles. The summed E-state index contributed by atoms with van der Waals surface area (Å²) >= 11 is 0. The van der Waals surface area contributed by atoms with Crippen LogP contribution in [0.25, 0.3) is 0 Å². The molecule has 0 spiro atoms. The number of sulfonamides is 1. The van der Waals surface area contributed by atoms with Crippen molar-refractivity contribution in [2.75, 3.05) is 24.4 Å². The van der Waals surface area contributed by atoms with Gasteiger partial charge in [-0.05, 0) is 75.2 Å². The van der Waals surface area contributed by atoms with Crippen molar-refractivity contribution in [3.63, 3.8) is 0 Å². The molecule has 8 heteroatoms. The van der Waals surface area contributed by atoms with Crippen molar-refractivity contribution in [3.8, 4) is 0 Å². The van der Waals surface area contributed by atoms with E-state index in [1.54, 1.807) is 12.1 Å². The average Bonchev–Trinajstić information content (AvgIpc) is 2.69. The molecule has 2 aromatic carbocycles. The maximum Gasteiger partial charge on any atom is 0.261 e. The zero-order valence-corrected chi connectivity index (χ0v) is 17.4. The van der Waals surface area contributed by atoms with E-state index in [0.29, 0.717) is 23.7 Å². The molecule has 1 fully saturated rings. The van der Waals surface area contributed by atoms with Crippen LogP contribution in [0, 0.1) is 12.8 Å². The number of carbonyl (C=O) groups excluding carboxylic acids is 1. The number of piperidine rings is 1. The topological polar surface area (TPSA) is 87.3 Å². The molecule has 1 aliphatic rings. The Morgan fingerprint density at radius 2 is 1.79 bits per heavy atom. The second-order valence-electron chi connectivity index (χ2n) is 6.92. The summed E-state index contributed by atoms with van der Waals surface area (Å²) in [6, 6.07) is 13.1. The molecule has 0 saturated carbocycles. The maximum atomic E-state index is 12.5. The summed E-state index contributed by atoms with van der Waals surface area (Å²) in [5.74, 6) is 0.261. The largest absolute Gasteiger partial charge is 0.352 e. The van der Waals surface area contributed by atoms with E-state index in [4.69, 9.17) is 0 Å². The van der Waals surface area contributed by atoms with Crippen LogP contribution in [0.4, 0.5) is 5.69 Å². The third-order valence-corrected chi connectivity index (χ3v) is 6.08. The molecule has 0 radical (unpaired) electrons. The molecule has 2 aromatic rings. The highest BCUT2D eigenvalue weighted by Crippen LogP contribution is 2.17. The lowest BCUT2D eigenvalue weighted by Crippen LogP contribution is -2.38. The number of benzene rings is 2. The molecule has 3 rings (SSSR count). The van der Waals surface area contributed by atoms with Crippen molar-refractivity contribution in [1.29, 1.82) is 0 Å². The van der Waals surface area contributed by atoms with Crippen molar-refractivity contribution in [1.82, 2.24) is 10.6 Å². The van der Waals surface area contributed by atoms with Crippen LogP contribution in [0.15, 0.2) is 53.4 Å². The van der Waals surface area contributed by atoms with E-state index in [1.165, 1.54) is 24.3 Å². The van der Waals surface area contributed by atoms with Gasteiger partial charge in [0.2, 0.25) is 0 Å². The Labute approximate surface area is 172 Å². The minimum Gasteiger partial charge on any atom is -0.352 e. The van der Waals surface area contributed by atoms with Crippen LogP contribution in [-0.2, 0) is 10.0 Å². The minimum atomic E-state index is -3.69. The van der Waals surface area contributed by atoms with Crippen molar-refractivity contribution >= 4 is 34.0 Å². The van der Waals surface area contributed by atoms with E-state index < -0.39 is 10.0 Å². The van der Waals surface area contributed by atoms with Crippen LogP contribution < -0.4 is 15.4 Å². The van der Waals surface area contributed by atoms with E-state index >= 15 is 0 Å². The predicted octanol–water partition coefficient (Wildman–Crippen LogP) is 2.95. The second kappa shape index (κ2) is 9.91. The first-order valence-electron chi connectivity index (χ1n) is 9.12. The summed E-state index contributed by atoms with van der Waals surface area (Å²) in [5.41, 5.74) is 2.01. The summed E-state index contributed by atoms with van der Waals surface area (Å²) in [5, 5.41) is 6.25. The zero-order chi connectivity index (χ0) is 19.3. The summed E-state index contributed by atoms with van der Waals surface area (Å²) in [4.78, 5) is 12.4. The quantitative estimate of drug-likeness (QED) is 0.666. The molecule has 1 aliphatic heterocycles. The van der Waals surface area contributed by atoms with E-state index in [-0.39, 0.29) is 23.2 Å². The number of nitrogens with one attached hydrogen (secondary N) is 3. The Kier molecular flexibility index (Phi) is 7.86. The third kappa shape index (κ3) is 5.95. The third-order valence-electron chi connectivity index (χ3n) is 4.68. The van der Waals surface area contributed by atoms with E-state index in [2.05, 4.69) is 15.4 Å². The van der Waals surface area contributed by atoms with Crippen molar-refractivity contribution in [2.24, 2.45) is 5.92 Å². The number of carbonyl (C=O) groups is 1. The number of anilines is 1. The summed E-state index contributed by atoms with van der Waals surface area (Å²) < 4.78 is 27.5. The number of aryl methyl sites for hydroxylation is 1. The smallest absolute Gasteiger partial charge is 0.261 e. The second-order valence-corrected chi connectivity index (χ2v) is 8.60. The highest BCUT2D eigenvalue weighted by atomic mass is 35.5. The van der Waals surface area contributed by atoms with Crippen LogP contribution >= 0.6 is 12.4 Å². The fourth-order valence-electron chi connectivity index (χ4n) is 3.06. The van der Waals surface area contributed by atoms with Crippen LogP contribution in [0.5, 0.6) is 0 Å². The van der Waals surface area contributed by atoms with Gasteiger partial charge in [-0.15, -0.1) is 12.4 Å². The molecular weight excluding hydrogens is 398 g/mol. The number of rotatable bonds is 6. The van der Waals surface area contributed by atoms with Gasteiger partial charge in [-0.3, -0.25) is 9.52 Å². The predicted molar refractivity (Wildman–Crippen MR) is 114 cm³/mol. The fraction of sp³-hybridized carbons (Fsp3) is 0.350. The molecule has 1 amide bonds. The zero-order valence-electron chi connectivity index (χ0n) is 15.8. The van der Waals surface area contributed by atoms with Crippen molar-refractivity contribution in [2.45, 2.75) is 24.7 Å². The lowest BCUT2D eigenvalue weighted by molar-refractivity contribution is 0.0944. The van der Waals surface area contributed by atoms with Crippen molar-refractivity contribution < 1.29 is 13.2 Å². The van der Waals surface area contributed by atoms with Gasteiger partial charge < -0.3 is 10.6 Å². The van der Waals surface area contributed by atoms with Gasteiger partial charge in [0.1, 0.15) is 0 Å². The number of halogens is 1. The molecule has 1 saturated heterocycles. The van der Waals surface area contributed by atoms with Crippen LogP contribution in [0.1, 0.15) is 28.8 Å². The van der Waals surface area contributed by atoms with Crippen molar-refractivity contribution in [3.05, 3.63) is 59.7 Å². The van der Waals surface area contributed by atoms with E-state index in [0.717, 1.165) is 31.5 Å². The van der Waals surface area contributed by atoms with Gasteiger partial charge in [0.25, 0.3) is 15.9 Å². The maximum absolute atomic E-state index is 12.5. The van der Waals surface area contributed by atoms with Gasteiger partial charge in [0, 0.05) is 17.8 Å². The number of amides is 1. The standard InChI is InChI=1S/C20H25N3O3S.ClH/c1-15-4-8-18(9-5-15)23-27(25,26)19-10-6-17(7-11-19)20(24)22-14-16-3-2-12-21-13-16;/h4-11,16,21,23H,2-3,12-14H2,1H3,(H,22,24);1H. The fourth-order valence-corrected chi connectivity index (χ4v) is 4.12. The summed E-state index contributed by atoms with van der Waals surface area (Å²) in [6.07, 6.45) is 2.23. The van der Waals surface area contributed by atoms with Crippen LogP contribution in [0.2, 0.25) is 0 Å². The van der Waals surface area contributed by atoms with E-state index in [1.807, 2.05) is 19.1 Å². The summed E-state index contributed by atoms with van der Waals surface area (Å²) in [6.45, 7) is 4.52. The first kappa shape index (κ1) is 22.2. The lowest BCUT2D eigenvalue weighted by atomic mass is 10.00. The Morgan fingerprint density at radius 3 is 2.39 bits per heavy atom. The van der Waals surface area contributed by atoms with Gasteiger partial charge in [0.15, 0.2) is 0 Å². The molecule has 152 valence electrons. The molecule has 3 N–H and O–H groups in total. The number of hydrogen-bond donors (Lipinski definition) is 3. The van der Waals surface area contributed by atoms with Gasteiger partial charge in [0.05, 0.1) is 4.90 Å². The molecular formula is C20H26ClN3O3S. The molecule has 0 bridgehead atoms.